The highest BCUT2D eigenvalue weighted by molar-refractivity contribution is 7.99. The Hall–Kier alpha value is -0.220. The number of nitrogens with one attached hydrogen (secondary N) is 2. The monoisotopic (exact) mass is 242 g/mol. The van der Waals surface area contributed by atoms with Gasteiger partial charge < -0.3 is 10.6 Å². The SMILES string of the molecule is CSC1CCCC(NC(=O)CNC2CC2)C1. The Morgan fingerprint density at radius 2 is 2.06 bits per heavy atom. The van der Waals surface area contributed by atoms with Crippen LogP contribution in [0.5, 0.6) is 0 Å². The number of hydrogen-bond acceptors (Lipinski definition) is 3. The van der Waals surface area contributed by atoms with E-state index in [0.717, 1.165) is 18.1 Å². The minimum atomic E-state index is 0.179. The van der Waals surface area contributed by atoms with E-state index in [-0.39, 0.29) is 5.91 Å². The molecular formula is C12H22N2OS. The van der Waals surface area contributed by atoms with E-state index in [1.807, 2.05) is 11.8 Å². The molecule has 0 radical (unpaired) electrons. The smallest absolute Gasteiger partial charge is 0.234 e. The maximum Gasteiger partial charge on any atom is 0.234 e. The Balaban J connectivity index is 1.64. The van der Waals surface area contributed by atoms with Crippen LogP contribution >= 0.6 is 11.8 Å². The van der Waals surface area contributed by atoms with Crippen LogP contribution in [0, 0.1) is 0 Å². The zero-order valence-corrected chi connectivity index (χ0v) is 10.8. The van der Waals surface area contributed by atoms with Gasteiger partial charge in [0.05, 0.1) is 6.54 Å². The molecule has 0 aromatic rings. The van der Waals surface area contributed by atoms with Gasteiger partial charge in [0.15, 0.2) is 0 Å². The number of thioether (sulfide) groups is 1. The van der Waals surface area contributed by atoms with Gasteiger partial charge in [0, 0.05) is 17.3 Å². The van der Waals surface area contributed by atoms with Crippen LogP contribution in [0.3, 0.4) is 0 Å². The van der Waals surface area contributed by atoms with Crippen LogP contribution in [0.2, 0.25) is 0 Å². The van der Waals surface area contributed by atoms with Crippen molar-refractivity contribution in [1.29, 1.82) is 0 Å². The number of amides is 1. The summed E-state index contributed by atoms with van der Waals surface area (Å²) in [7, 11) is 0. The molecule has 2 aliphatic carbocycles. The minimum Gasteiger partial charge on any atom is -0.352 e. The molecule has 0 aliphatic heterocycles. The van der Waals surface area contributed by atoms with Crippen molar-refractivity contribution in [2.45, 2.75) is 55.9 Å². The number of hydrogen-bond donors (Lipinski definition) is 2. The third kappa shape index (κ3) is 3.98. The van der Waals surface area contributed by atoms with Crippen molar-refractivity contribution in [3.05, 3.63) is 0 Å². The number of carbonyl (C=O) groups is 1. The summed E-state index contributed by atoms with van der Waals surface area (Å²) in [6.45, 7) is 0.505. The molecule has 4 heteroatoms. The Kier molecular flexibility index (Phi) is 4.53. The van der Waals surface area contributed by atoms with E-state index >= 15 is 0 Å². The highest BCUT2D eigenvalue weighted by Gasteiger charge is 2.24. The summed E-state index contributed by atoms with van der Waals surface area (Å²) < 4.78 is 0. The van der Waals surface area contributed by atoms with Crippen LogP contribution < -0.4 is 10.6 Å². The Labute approximate surface area is 102 Å². The second kappa shape index (κ2) is 5.92. The standard InChI is InChI=1S/C12H22N2OS/c1-16-11-4-2-3-10(7-11)14-12(15)8-13-9-5-6-9/h9-11,13H,2-8H2,1H3,(H,14,15). The molecule has 0 heterocycles. The fourth-order valence-corrected chi connectivity index (χ4v) is 3.12. The van der Waals surface area contributed by atoms with Crippen molar-refractivity contribution in [2.75, 3.05) is 12.8 Å². The zero-order valence-electron chi connectivity index (χ0n) is 10.00. The van der Waals surface area contributed by atoms with Crippen LogP contribution in [-0.4, -0.2) is 36.0 Å². The van der Waals surface area contributed by atoms with Crippen LogP contribution in [0.4, 0.5) is 0 Å². The second-order valence-electron chi connectivity index (χ2n) is 4.94. The van der Waals surface area contributed by atoms with Gasteiger partial charge >= 0.3 is 0 Å². The van der Waals surface area contributed by atoms with Gasteiger partial charge in [0.1, 0.15) is 0 Å². The van der Waals surface area contributed by atoms with Crippen molar-refractivity contribution in [3.8, 4) is 0 Å². The molecule has 2 unspecified atom stereocenters. The van der Waals surface area contributed by atoms with Crippen LogP contribution in [-0.2, 0) is 4.79 Å². The molecule has 1 amide bonds. The topological polar surface area (TPSA) is 41.1 Å². The predicted molar refractivity (Wildman–Crippen MR) is 68.7 cm³/mol. The van der Waals surface area contributed by atoms with Gasteiger partial charge in [-0.2, -0.15) is 11.8 Å². The molecule has 0 bridgehead atoms. The molecule has 2 fully saturated rings. The Bertz CT molecular complexity index is 243. The molecular weight excluding hydrogens is 220 g/mol. The van der Waals surface area contributed by atoms with Crippen LogP contribution in [0.25, 0.3) is 0 Å². The summed E-state index contributed by atoms with van der Waals surface area (Å²) in [5.74, 6) is 0.179. The fourth-order valence-electron chi connectivity index (χ4n) is 2.29. The van der Waals surface area contributed by atoms with Crippen LogP contribution in [0.15, 0.2) is 0 Å². The maximum absolute atomic E-state index is 11.7. The molecule has 0 spiro atoms. The van der Waals surface area contributed by atoms with E-state index in [1.165, 1.54) is 25.7 Å². The quantitative estimate of drug-likeness (QED) is 0.768. The molecule has 0 aromatic carbocycles. The van der Waals surface area contributed by atoms with E-state index in [9.17, 15) is 4.79 Å². The van der Waals surface area contributed by atoms with E-state index in [0.29, 0.717) is 18.6 Å². The maximum atomic E-state index is 11.7. The third-order valence-electron chi connectivity index (χ3n) is 3.45. The largest absolute Gasteiger partial charge is 0.352 e. The highest BCUT2D eigenvalue weighted by Crippen LogP contribution is 2.26. The Morgan fingerprint density at radius 3 is 2.75 bits per heavy atom. The number of rotatable bonds is 5. The predicted octanol–water partition coefficient (Wildman–Crippen LogP) is 1.53. The average molecular weight is 242 g/mol. The summed E-state index contributed by atoms with van der Waals surface area (Å²) in [5, 5.41) is 7.15. The van der Waals surface area contributed by atoms with Gasteiger partial charge in [-0.25, -0.2) is 0 Å². The molecule has 92 valence electrons. The van der Waals surface area contributed by atoms with Gasteiger partial charge in [-0.15, -0.1) is 0 Å². The molecule has 2 rings (SSSR count). The first-order chi connectivity index (χ1) is 7.78. The van der Waals surface area contributed by atoms with Gasteiger partial charge in [0.2, 0.25) is 5.91 Å². The molecule has 0 saturated heterocycles. The van der Waals surface area contributed by atoms with Crippen molar-refractivity contribution < 1.29 is 4.79 Å². The molecule has 2 atom stereocenters. The summed E-state index contributed by atoms with van der Waals surface area (Å²) in [4.78, 5) is 11.7. The van der Waals surface area contributed by atoms with Crippen molar-refractivity contribution >= 4 is 17.7 Å². The van der Waals surface area contributed by atoms with E-state index in [1.54, 1.807) is 0 Å². The lowest BCUT2D eigenvalue weighted by molar-refractivity contribution is -0.121. The molecule has 2 saturated carbocycles. The van der Waals surface area contributed by atoms with Gasteiger partial charge in [-0.1, -0.05) is 6.42 Å². The van der Waals surface area contributed by atoms with Gasteiger partial charge in [-0.05, 0) is 38.4 Å². The lowest BCUT2D eigenvalue weighted by Crippen LogP contribution is -2.43. The average Bonchev–Trinajstić information content (AvgIpc) is 3.10. The van der Waals surface area contributed by atoms with Crippen molar-refractivity contribution in [1.82, 2.24) is 10.6 Å². The second-order valence-corrected chi connectivity index (χ2v) is 6.08. The minimum absolute atomic E-state index is 0.179. The first kappa shape index (κ1) is 12.2. The van der Waals surface area contributed by atoms with Crippen molar-refractivity contribution in [3.63, 3.8) is 0 Å². The molecule has 2 aliphatic rings. The van der Waals surface area contributed by atoms with E-state index in [2.05, 4.69) is 16.9 Å². The first-order valence-electron chi connectivity index (χ1n) is 6.33. The Morgan fingerprint density at radius 1 is 1.25 bits per heavy atom. The van der Waals surface area contributed by atoms with Crippen LogP contribution in [0.1, 0.15) is 38.5 Å². The van der Waals surface area contributed by atoms with Gasteiger partial charge in [0.25, 0.3) is 0 Å². The molecule has 16 heavy (non-hydrogen) atoms. The van der Waals surface area contributed by atoms with E-state index in [4.69, 9.17) is 0 Å². The number of carbonyl (C=O) groups excluding carboxylic acids is 1. The molecule has 3 nitrogen and oxygen atoms in total. The fraction of sp³-hybridized carbons (Fsp3) is 0.917. The summed E-state index contributed by atoms with van der Waals surface area (Å²) >= 11 is 1.94. The highest BCUT2D eigenvalue weighted by atomic mass is 32.2. The van der Waals surface area contributed by atoms with E-state index < -0.39 is 0 Å². The summed E-state index contributed by atoms with van der Waals surface area (Å²) in [6.07, 6.45) is 9.53. The zero-order chi connectivity index (χ0) is 11.4. The lowest BCUT2D eigenvalue weighted by atomic mass is 9.95. The molecule has 0 aromatic heterocycles. The molecule has 2 N–H and O–H groups in total. The third-order valence-corrected chi connectivity index (χ3v) is 4.55. The van der Waals surface area contributed by atoms with Crippen molar-refractivity contribution in [2.24, 2.45) is 0 Å². The lowest BCUT2D eigenvalue weighted by Gasteiger charge is -2.28. The normalized spacial score (nSPS) is 30.1. The van der Waals surface area contributed by atoms with Gasteiger partial charge in [-0.3, -0.25) is 4.79 Å². The first-order valence-corrected chi connectivity index (χ1v) is 7.62. The summed E-state index contributed by atoms with van der Waals surface area (Å²) in [5.41, 5.74) is 0. The summed E-state index contributed by atoms with van der Waals surface area (Å²) in [6, 6.07) is 1.04.